The number of halogens is 4. The molecule has 0 N–H and O–H groups in total. The number of carbonyl (C=O) groups is 3. The van der Waals surface area contributed by atoms with Crippen molar-refractivity contribution >= 4 is 35.4 Å². The molecule has 1 atom stereocenters. The van der Waals surface area contributed by atoms with Gasteiger partial charge in [0, 0.05) is 5.02 Å². The van der Waals surface area contributed by atoms with Crippen LogP contribution in [0, 0.1) is 0 Å². The van der Waals surface area contributed by atoms with Gasteiger partial charge in [0.05, 0.1) is 23.6 Å². The van der Waals surface area contributed by atoms with E-state index in [-0.39, 0.29) is 29.4 Å². The Hall–Kier alpha value is -3.73. The zero-order valence-electron chi connectivity index (χ0n) is 17.4. The Morgan fingerprint density at radius 3 is 2.41 bits per heavy atom. The van der Waals surface area contributed by atoms with E-state index in [9.17, 15) is 27.6 Å². The highest BCUT2D eigenvalue weighted by molar-refractivity contribution is 6.31. The zero-order valence-corrected chi connectivity index (χ0v) is 18.2. The lowest BCUT2D eigenvalue weighted by Crippen LogP contribution is -2.58. The van der Waals surface area contributed by atoms with Gasteiger partial charge in [-0.15, -0.1) is 5.10 Å². The van der Waals surface area contributed by atoms with Crippen LogP contribution in [-0.4, -0.2) is 57.1 Å². The van der Waals surface area contributed by atoms with Gasteiger partial charge in [0.15, 0.2) is 5.69 Å². The predicted octanol–water partition coefficient (Wildman–Crippen LogP) is 2.92. The van der Waals surface area contributed by atoms with Crippen molar-refractivity contribution in [3.63, 3.8) is 0 Å². The van der Waals surface area contributed by atoms with Crippen molar-refractivity contribution in [2.45, 2.75) is 18.6 Å². The Labute approximate surface area is 196 Å². The van der Waals surface area contributed by atoms with Crippen LogP contribution in [0.2, 0.25) is 5.02 Å². The standard InChI is InChI=1S/C22H17ClF3N5O3/c23-15-6-7-17(31-10-19(27-28-31)22(24,25)26)18(9-15)30-12-20(33)29(11-21(30)34)16(13-32)8-14-4-2-1-3-5-14/h1-7,9-10,13,16H,8,11-12H2. The maximum atomic E-state index is 13.0. The third-order valence-electron chi connectivity index (χ3n) is 5.32. The molecule has 1 aromatic heterocycles. The summed E-state index contributed by atoms with van der Waals surface area (Å²) in [5.41, 5.74) is -0.213. The van der Waals surface area contributed by atoms with Gasteiger partial charge in [-0.2, -0.15) is 13.2 Å². The van der Waals surface area contributed by atoms with E-state index in [1.807, 2.05) is 18.2 Å². The number of aromatic nitrogens is 3. The number of hydrogen-bond acceptors (Lipinski definition) is 5. The van der Waals surface area contributed by atoms with Crippen molar-refractivity contribution in [2.75, 3.05) is 18.0 Å². The van der Waals surface area contributed by atoms with Crippen molar-refractivity contribution in [3.05, 3.63) is 71.0 Å². The molecule has 1 fully saturated rings. The number of hydrogen-bond donors (Lipinski definition) is 0. The molecular formula is C22H17ClF3N5O3. The van der Waals surface area contributed by atoms with Gasteiger partial charge in [-0.3, -0.25) is 14.5 Å². The van der Waals surface area contributed by atoms with Crippen molar-refractivity contribution in [1.29, 1.82) is 0 Å². The zero-order chi connectivity index (χ0) is 24.5. The third kappa shape index (κ3) is 4.79. The van der Waals surface area contributed by atoms with Gasteiger partial charge in [0.1, 0.15) is 19.4 Å². The van der Waals surface area contributed by atoms with Crippen LogP contribution in [-0.2, 0) is 27.0 Å². The minimum atomic E-state index is -4.70. The maximum Gasteiger partial charge on any atom is 0.436 e. The molecule has 0 radical (unpaired) electrons. The molecule has 4 rings (SSSR count). The van der Waals surface area contributed by atoms with Crippen LogP contribution in [0.4, 0.5) is 18.9 Å². The molecule has 12 heteroatoms. The second kappa shape index (κ2) is 9.26. The van der Waals surface area contributed by atoms with Crippen molar-refractivity contribution in [1.82, 2.24) is 19.9 Å². The van der Waals surface area contributed by atoms with Gasteiger partial charge < -0.3 is 9.69 Å². The minimum Gasteiger partial charge on any atom is -0.322 e. The molecule has 0 spiro atoms. The number of aldehydes is 1. The van der Waals surface area contributed by atoms with Crippen molar-refractivity contribution in [3.8, 4) is 5.69 Å². The Morgan fingerprint density at radius 1 is 1.03 bits per heavy atom. The molecule has 1 aliphatic rings. The smallest absolute Gasteiger partial charge is 0.322 e. The van der Waals surface area contributed by atoms with Gasteiger partial charge in [-0.25, -0.2) is 4.68 Å². The van der Waals surface area contributed by atoms with E-state index in [0.29, 0.717) is 12.5 Å². The number of carbonyl (C=O) groups excluding carboxylic acids is 3. The number of amides is 2. The summed E-state index contributed by atoms with van der Waals surface area (Å²) in [7, 11) is 0. The van der Waals surface area contributed by atoms with Gasteiger partial charge in [-0.1, -0.05) is 47.1 Å². The number of benzene rings is 2. The first kappa shape index (κ1) is 23.4. The molecule has 1 aliphatic heterocycles. The summed E-state index contributed by atoms with van der Waals surface area (Å²) in [5.74, 6) is -1.02. The van der Waals surface area contributed by atoms with Gasteiger partial charge in [-0.05, 0) is 30.2 Å². The Bertz CT molecular complexity index is 1230. The fourth-order valence-corrected chi connectivity index (χ4v) is 3.83. The van der Waals surface area contributed by atoms with Gasteiger partial charge in [0.25, 0.3) is 0 Å². The molecule has 0 bridgehead atoms. The number of nitrogens with zero attached hydrogens (tertiary/aromatic N) is 5. The van der Waals surface area contributed by atoms with Crippen LogP contribution < -0.4 is 4.90 Å². The molecule has 0 saturated carbocycles. The fraction of sp³-hybridized carbons (Fsp3) is 0.227. The second-order valence-corrected chi connectivity index (χ2v) is 8.01. The highest BCUT2D eigenvalue weighted by atomic mass is 35.5. The normalized spacial score (nSPS) is 15.5. The molecule has 2 amide bonds. The monoisotopic (exact) mass is 491 g/mol. The Morgan fingerprint density at radius 2 is 1.76 bits per heavy atom. The molecular weight excluding hydrogens is 475 g/mol. The molecule has 1 unspecified atom stereocenters. The van der Waals surface area contributed by atoms with Gasteiger partial charge in [0.2, 0.25) is 11.8 Å². The van der Waals surface area contributed by atoms with Crippen LogP contribution in [0.3, 0.4) is 0 Å². The molecule has 176 valence electrons. The lowest BCUT2D eigenvalue weighted by Gasteiger charge is -2.37. The SMILES string of the molecule is O=CC(Cc1ccccc1)N1CC(=O)N(c2cc(Cl)ccc2-n2cc(C(F)(F)F)nn2)CC1=O. The molecule has 34 heavy (non-hydrogen) atoms. The quantitative estimate of drug-likeness (QED) is 0.495. The molecule has 2 aromatic carbocycles. The van der Waals surface area contributed by atoms with E-state index >= 15 is 0 Å². The van der Waals surface area contributed by atoms with Crippen LogP contribution >= 0.6 is 11.6 Å². The van der Waals surface area contributed by atoms with Gasteiger partial charge >= 0.3 is 6.18 Å². The van der Waals surface area contributed by atoms with E-state index in [0.717, 1.165) is 15.1 Å². The molecule has 1 saturated heterocycles. The Balaban J connectivity index is 1.61. The first-order valence-electron chi connectivity index (χ1n) is 10.1. The molecule has 0 aliphatic carbocycles. The first-order chi connectivity index (χ1) is 16.2. The number of rotatable bonds is 6. The van der Waals surface area contributed by atoms with E-state index in [4.69, 9.17) is 11.6 Å². The van der Waals surface area contributed by atoms with Crippen LogP contribution in [0.25, 0.3) is 5.69 Å². The van der Waals surface area contributed by atoms with E-state index in [1.54, 1.807) is 12.1 Å². The average Bonchev–Trinajstić information content (AvgIpc) is 3.30. The largest absolute Gasteiger partial charge is 0.436 e. The molecule has 2 heterocycles. The minimum absolute atomic E-state index is 0.0817. The van der Waals surface area contributed by atoms with Crippen molar-refractivity contribution < 1.29 is 27.6 Å². The number of piperazine rings is 1. The van der Waals surface area contributed by atoms with Crippen molar-refractivity contribution in [2.24, 2.45) is 0 Å². The highest BCUT2D eigenvalue weighted by Gasteiger charge is 2.37. The van der Waals surface area contributed by atoms with E-state index in [2.05, 4.69) is 10.3 Å². The van der Waals surface area contributed by atoms with E-state index < -0.39 is 36.3 Å². The summed E-state index contributed by atoms with van der Waals surface area (Å²) >= 11 is 6.07. The summed E-state index contributed by atoms with van der Waals surface area (Å²) in [6, 6.07) is 12.4. The highest BCUT2D eigenvalue weighted by Crippen LogP contribution is 2.32. The summed E-state index contributed by atoms with van der Waals surface area (Å²) in [4.78, 5) is 40.0. The summed E-state index contributed by atoms with van der Waals surface area (Å²) in [6.07, 6.45) is -3.17. The molecule has 3 aromatic rings. The predicted molar refractivity (Wildman–Crippen MR) is 115 cm³/mol. The second-order valence-electron chi connectivity index (χ2n) is 7.57. The van der Waals surface area contributed by atoms with Crippen LogP contribution in [0.1, 0.15) is 11.3 Å². The van der Waals surface area contributed by atoms with Crippen LogP contribution in [0.5, 0.6) is 0 Å². The number of anilines is 1. The maximum absolute atomic E-state index is 13.0. The Kier molecular flexibility index (Phi) is 6.38. The molecule has 8 nitrogen and oxygen atoms in total. The summed E-state index contributed by atoms with van der Waals surface area (Å²) in [5, 5.41) is 6.84. The topological polar surface area (TPSA) is 88.4 Å². The fourth-order valence-electron chi connectivity index (χ4n) is 3.66. The lowest BCUT2D eigenvalue weighted by atomic mass is 10.0. The van der Waals surface area contributed by atoms with Crippen LogP contribution in [0.15, 0.2) is 54.7 Å². The summed E-state index contributed by atoms with van der Waals surface area (Å²) < 4.78 is 39.8. The van der Waals surface area contributed by atoms with E-state index in [1.165, 1.54) is 23.1 Å². The lowest BCUT2D eigenvalue weighted by molar-refractivity contribution is -0.142. The third-order valence-corrected chi connectivity index (χ3v) is 5.56. The first-order valence-corrected chi connectivity index (χ1v) is 10.4. The average molecular weight is 492 g/mol. The summed E-state index contributed by atoms with van der Waals surface area (Å²) in [6.45, 7) is -0.807. The number of alkyl halides is 3.